The number of piperidine rings is 1. The van der Waals surface area contributed by atoms with Crippen molar-refractivity contribution in [1.82, 2.24) is 4.90 Å². The summed E-state index contributed by atoms with van der Waals surface area (Å²) in [6.45, 7) is 4.28. The van der Waals surface area contributed by atoms with Crippen molar-refractivity contribution in [3.05, 3.63) is 59.7 Å². The summed E-state index contributed by atoms with van der Waals surface area (Å²) >= 11 is 0. The number of benzene rings is 2. The first kappa shape index (κ1) is 20.7. The van der Waals surface area contributed by atoms with E-state index in [0.29, 0.717) is 36.6 Å². The number of rotatable bonds is 5. The van der Waals surface area contributed by atoms with Gasteiger partial charge in [0.2, 0.25) is 5.79 Å². The Morgan fingerprint density at radius 2 is 1.97 bits per heavy atom. The van der Waals surface area contributed by atoms with Gasteiger partial charge in [0.05, 0.1) is 13.7 Å². The molecule has 2 aromatic rings. The first-order valence-corrected chi connectivity index (χ1v) is 10.0. The molecule has 7 heteroatoms. The van der Waals surface area contributed by atoms with Gasteiger partial charge in [-0.15, -0.1) is 0 Å². The summed E-state index contributed by atoms with van der Waals surface area (Å²) in [6.07, 6.45) is 0.432. The minimum Gasteiger partial charge on any atom is -0.493 e. The van der Waals surface area contributed by atoms with E-state index in [9.17, 15) is 9.90 Å². The number of carbonyl (C=O) groups is 1. The van der Waals surface area contributed by atoms with E-state index >= 15 is 0 Å². The first-order chi connectivity index (χ1) is 14.3. The molecule has 2 atom stereocenters. The summed E-state index contributed by atoms with van der Waals surface area (Å²) in [6, 6.07) is 15.0. The standard InChI is InChI=1S/C23H27NO6/c1-22(2,26)30-18-10-9-16(13-19(18)27-3)21(25)24-12-11-23(17-7-5-4-6-8-17)20(14-24)28-15-29-23/h4-10,13,20,26H,11-12,14-15H2,1-3H3/t20-,23+/m1/s1. The maximum Gasteiger partial charge on any atom is 0.254 e. The highest BCUT2D eigenvalue weighted by Crippen LogP contribution is 2.42. The zero-order valence-electron chi connectivity index (χ0n) is 17.5. The van der Waals surface area contributed by atoms with Gasteiger partial charge >= 0.3 is 0 Å². The molecule has 0 saturated carbocycles. The fraction of sp³-hybridized carbons (Fsp3) is 0.435. The maximum absolute atomic E-state index is 13.2. The molecular formula is C23H27NO6. The number of nitrogens with zero attached hydrogens (tertiary/aromatic N) is 1. The highest BCUT2D eigenvalue weighted by atomic mass is 16.7. The Hall–Kier alpha value is -2.61. The molecule has 0 bridgehead atoms. The van der Waals surface area contributed by atoms with E-state index < -0.39 is 11.4 Å². The molecule has 2 aromatic carbocycles. The van der Waals surface area contributed by atoms with Gasteiger partial charge in [-0.2, -0.15) is 0 Å². The van der Waals surface area contributed by atoms with Crippen LogP contribution in [-0.4, -0.2) is 54.8 Å². The van der Waals surface area contributed by atoms with Crippen LogP contribution in [0.5, 0.6) is 11.5 Å². The van der Waals surface area contributed by atoms with Gasteiger partial charge in [-0.1, -0.05) is 30.3 Å². The number of carbonyl (C=O) groups excluding carboxylic acids is 1. The number of hydrogen-bond donors (Lipinski definition) is 1. The Morgan fingerprint density at radius 3 is 2.67 bits per heavy atom. The summed E-state index contributed by atoms with van der Waals surface area (Å²) in [4.78, 5) is 15.0. The third-order valence-electron chi connectivity index (χ3n) is 5.57. The van der Waals surface area contributed by atoms with Crippen molar-refractivity contribution in [2.75, 3.05) is 27.0 Å². The molecule has 1 amide bonds. The van der Waals surface area contributed by atoms with E-state index in [4.69, 9.17) is 18.9 Å². The Balaban J connectivity index is 1.53. The predicted molar refractivity (Wildman–Crippen MR) is 109 cm³/mol. The van der Waals surface area contributed by atoms with E-state index in [1.165, 1.54) is 21.0 Å². The van der Waals surface area contributed by atoms with Crippen LogP contribution >= 0.6 is 0 Å². The van der Waals surface area contributed by atoms with E-state index in [-0.39, 0.29) is 18.8 Å². The lowest BCUT2D eigenvalue weighted by atomic mass is 9.82. The normalized spacial score (nSPS) is 23.7. The Morgan fingerprint density at radius 1 is 1.20 bits per heavy atom. The van der Waals surface area contributed by atoms with Crippen molar-refractivity contribution in [2.45, 2.75) is 37.8 Å². The molecule has 2 saturated heterocycles. The number of fused-ring (bicyclic) bond motifs is 1. The van der Waals surface area contributed by atoms with Gasteiger partial charge in [-0.3, -0.25) is 4.79 Å². The topological polar surface area (TPSA) is 77.5 Å². The van der Waals surface area contributed by atoms with Crippen molar-refractivity contribution >= 4 is 5.91 Å². The van der Waals surface area contributed by atoms with Crippen LogP contribution < -0.4 is 9.47 Å². The second-order valence-corrected chi connectivity index (χ2v) is 8.09. The largest absolute Gasteiger partial charge is 0.493 e. The zero-order chi connectivity index (χ0) is 21.4. The lowest BCUT2D eigenvalue weighted by Gasteiger charge is -2.42. The minimum atomic E-state index is -1.35. The number of likely N-dealkylation sites (tertiary alicyclic amines) is 1. The van der Waals surface area contributed by atoms with Gasteiger partial charge < -0.3 is 29.0 Å². The summed E-state index contributed by atoms with van der Waals surface area (Å²) in [5.74, 6) is -0.707. The molecule has 0 radical (unpaired) electrons. The summed E-state index contributed by atoms with van der Waals surface area (Å²) in [7, 11) is 1.50. The average molecular weight is 413 g/mol. The van der Waals surface area contributed by atoms with E-state index in [1.54, 1.807) is 23.1 Å². The third kappa shape index (κ3) is 3.88. The fourth-order valence-corrected chi connectivity index (χ4v) is 4.13. The second-order valence-electron chi connectivity index (χ2n) is 8.09. The number of hydrogen-bond acceptors (Lipinski definition) is 6. The Kier molecular flexibility index (Phi) is 5.44. The highest BCUT2D eigenvalue weighted by Gasteiger charge is 2.51. The molecule has 2 fully saturated rings. The fourth-order valence-electron chi connectivity index (χ4n) is 4.13. The third-order valence-corrected chi connectivity index (χ3v) is 5.57. The molecule has 4 rings (SSSR count). The van der Waals surface area contributed by atoms with Crippen molar-refractivity contribution < 1.29 is 28.8 Å². The molecule has 2 aliphatic rings. The lowest BCUT2D eigenvalue weighted by molar-refractivity contribution is -0.105. The van der Waals surface area contributed by atoms with Crippen LogP contribution in [0, 0.1) is 0 Å². The van der Waals surface area contributed by atoms with Crippen molar-refractivity contribution in [3.8, 4) is 11.5 Å². The van der Waals surface area contributed by atoms with Crippen LogP contribution in [0.4, 0.5) is 0 Å². The first-order valence-electron chi connectivity index (χ1n) is 10.0. The molecule has 160 valence electrons. The molecule has 2 heterocycles. The van der Waals surface area contributed by atoms with Crippen LogP contribution in [-0.2, 0) is 15.1 Å². The smallest absolute Gasteiger partial charge is 0.254 e. The molecule has 0 spiro atoms. The number of ether oxygens (including phenoxy) is 4. The predicted octanol–water partition coefficient (Wildman–Crippen LogP) is 2.92. The summed E-state index contributed by atoms with van der Waals surface area (Å²) < 4.78 is 22.8. The molecule has 2 aliphatic heterocycles. The van der Waals surface area contributed by atoms with Crippen LogP contribution in [0.15, 0.2) is 48.5 Å². The molecule has 0 aromatic heterocycles. The number of aliphatic hydroxyl groups is 1. The van der Waals surface area contributed by atoms with Crippen LogP contribution in [0.25, 0.3) is 0 Å². The number of amides is 1. The molecule has 1 N–H and O–H groups in total. The molecule has 7 nitrogen and oxygen atoms in total. The highest BCUT2D eigenvalue weighted by molar-refractivity contribution is 5.95. The van der Waals surface area contributed by atoms with Crippen LogP contribution in [0.3, 0.4) is 0 Å². The van der Waals surface area contributed by atoms with Crippen molar-refractivity contribution in [3.63, 3.8) is 0 Å². The summed E-state index contributed by atoms with van der Waals surface area (Å²) in [5.41, 5.74) is 1.05. The maximum atomic E-state index is 13.2. The zero-order valence-corrected chi connectivity index (χ0v) is 17.5. The van der Waals surface area contributed by atoms with E-state index in [0.717, 1.165) is 5.56 Å². The minimum absolute atomic E-state index is 0.111. The molecule has 30 heavy (non-hydrogen) atoms. The van der Waals surface area contributed by atoms with Gasteiger partial charge in [0.15, 0.2) is 11.5 Å². The van der Waals surface area contributed by atoms with Crippen LogP contribution in [0.1, 0.15) is 36.2 Å². The van der Waals surface area contributed by atoms with Gasteiger partial charge in [0, 0.05) is 32.4 Å². The van der Waals surface area contributed by atoms with Crippen molar-refractivity contribution in [2.24, 2.45) is 0 Å². The second kappa shape index (κ2) is 7.91. The Bertz CT molecular complexity index is 910. The van der Waals surface area contributed by atoms with E-state index in [1.807, 2.05) is 30.3 Å². The van der Waals surface area contributed by atoms with Gasteiger partial charge in [-0.05, 0) is 23.8 Å². The summed E-state index contributed by atoms with van der Waals surface area (Å²) in [5, 5.41) is 9.90. The van der Waals surface area contributed by atoms with Gasteiger partial charge in [0.25, 0.3) is 5.91 Å². The molecular weight excluding hydrogens is 386 g/mol. The Labute approximate surface area is 176 Å². The van der Waals surface area contributed by atoms with Crippen molar-refractivity contribution in [1.29, 1.82) is 0 Å². The van der Waals surface area contributed by atoms with E-state index in [2.05, 4.69) is 0 Å². The monoisotopic (exact) mass is 413 g/mol. The number of methoxy groups -OCH3 is 1. The molecule has 0 aliphatic carbocycles. The SMILES string of the molecule is COc1cc(C(=O)N2CC[C@@]3(c4ccccc4)OCO[C@@H]3C2)ccc1OC(C)(C)O. The van der Waals surface area contributed by atoms with Gasteiger partial charge in [-0.25, -0.2) is 0 Å². The quantitative estimate of drug-likeness (QED) is 0.760. The van der Waals surface area contributed by atoms with Crippen LogP contribution in [0.2, 0.25) is 0 Å². The lowest BCUT2D eigenvalue weighted by Crippen LogP contribution is -2.53. The molecule has 0 unspecified atom stereocenters. The average Bonchev–Trinajstić information content (AvgIpc) is 3.17. The van der Waals surface area contributed by atoms with Gasteiger partial charge in [0.1, 0.15) is 18.5 Å².